The Labute approximate surface area is 120 Å². The molecule has 5 nitrogen and oxygen atoms in total. The summed E-state index contributed by atoms with van der Waals surface area (Å²) >= 11 is 0. The molecular formula is C15H25N3O2. The molecule has 0 saturated carbocycles. The van der Waals surface area contributed by atoms with Crippen molar-refractivity contribution >= 4 is 5.91 Å². The first-order chi connectivity index (χ1) is 9.43. The largest absolute Gasteiger partial charge is 0.482 e. The van der Waals surface area contributed by atoms with Crippen LogP contribution in [0.25, 0.3) is 0 Å². The molecule has 20 heavy (non-hydrogen) atoms. The summed E-state index contributed by atoms with van der Waals surface area (Å²) in [5.41, 5.74) is 7.28. The molecule has 1 aromatic rings. The molecule has 0 bridgehead atoms. The molecule has 0 saturated heterocycles. The van der Waals surface area contributed by atoms with Crippen molar-refractivity contribution in [3.05, 3.63) is 23.5 Å². The van der Waals surface area contributed by atoms with Crippen molar-refractivity contribution in [3.8, 4) is 5.75 Å². The van der Waals surface area contributed by atoms with Gasteiger partial charge in [-0.2, -0.15) is 0 Å². The number of aromatic nitrogens is 1. The molecule has 0 aliphatic carbocycles. The summed E-state index contributed by atoms with van der Waals surface area (Å²) in [6, 6.07) is 3.84. The second-order valence-electron chi connectivity index (χ2n) is 5.33. The van der Waals surface area contributed by atoms with Crippen molar-refractivity contribution < 1.29 is 9.53 Å². The van der Waals surface area contributed by atoms with Gasteiger partial charge in [0.25, 0.3) is 5.91 Å². The highest BCUT2D eigenvalue weighted by atomic mass is 16.5. The van der Waals surface area contributed by atoms with Gasteiger partial charge in [-0.1, -0.05) is 13.8 Å². The fraction of sp³-hybridized carbons (Fsp3) is 0.600. The number of nitrogens with one attached hydrogen (secondary N) is 1. The van der Waals surface area contributed by atoms with E-state index in [1.807, 2.05) is 26.0 Å². The molecule has 0 fully saturated rings. The lowest BCUT2D eigenvalue weighted by atomic mass is 10.1. The van der Waals surface area contributed by atoms with Crippen LogP contribution in [0.5, 0.6) is 5.75 Å². The minimum Gasteiger partial charge on any atom is -0.482 e. The fourth-order valence-corrected chi connectivity index (χ4v) is 1.65. The third kappa shape index (κ3) is 5.17. The molecule has 0 aliphatic heterocycles. The average molecular weight is 279 g/mol. The van der Waals surface area contributed by atoms with Gasteiger partial charge in [-0.15, -0.1) is 0 Å². The molecule has 0 spiro atoms. The van der Waals surface area contributed by atoms with Crippen LogP contribution in [0.4, 0.5) is 0 Å². The van der Waals surface area contributed by atoms with Gasteiger partial charge in [0.2, 0.25) is 0 Å². The van der Waals surface area contributed by atoms with Gasteiger partial charge in [-0.25, -0.2) is 0 Å². The molecule has 3 N–H and O–H groups in total. The van der Waals surface area contributed by atoms with Gasteiger partial charge in [-0.3, -0.25) is 9.78 Å². The van der Waals surface area contributed by atoms with Gasteiger partial charge in [-0.05, 0) is 38.4 Å². The molecule has 0 radical (unpaired) electrons. The first kappa shape index (κ1) is 16.4. The van der Waals surface area contributed by atoms with Crippen LogP contribution in [0.1, 0.15) is 32.2 Å². The lowest BCUT2D eigenvalue weighted by molar-refractivity contribution is -0.124. The first-order valence-electron chi connectivity index (χ1n) is 7.02. The second-order valence-corrected chi connectivity index (χ2v) is 5.33. The number of hydrogen-bond acceptors (Lipinski definition) is 4. The van der Waals surface area contributed by atoms with Gasteiger partial charge >= 0.3 is 0 Å². The van der Waals surface area contributed by atoms with Crippen molar-refractivity contribution in [2.45, 2.75) is 40.2 Å². The number of ether oxygens (including phenoxy) is 1. The quantitative estimate of drug-likeness (QED) is 0.791. The zero-order valence-electron chi connectivity index (χ0n) is 12.8. The standard InChI is InChI=1S/C15H25N3O2/c1-10(2)12(4)18-15(19)9-20-14-6-5-11(3)17-13(14)7-8-16/h5-6,10,12H,7-9,16H2,1-4H3,(H,18,19). The van der Waals surface area contributed by atoms with Crippen LogP contribution < -0.4 is 15.8 Å². The number of amides is 1. The maximum atomic E-state index is 11.8. The fourth-order valence-electron chi connectivity index (χ4n) is 1.65. The van der Waals surface area contributed by atoms with Crippen LogP contribution in [0.15, 0.2) is 12.1 Å². The van der Waals surface area contributed by atoms with E-state index in [1.165, 1.54) is 0 Å². The summed E-state index contributed by atoms with van der Waals surface area (Å²) in [5, 5.41) is 2.90. The third-order valence-electron chi connectivity index (χ3n) is 3.20. The lowest BCUT2D eigenvalue weighted by Gasteiger charge is -2.18. The molecule has 1 unspecified atom stereocenters. The number of rotatable bonds is 7. The molecule has 5 heteroatoms. The van der Waals surface area contributed by atoms with E-state index in [0.29, 0.717) is 24.6 Å². The van der Waals surface area contributed by atoms with Crippen LogP contribution >= 0.6 is 0 Å². The van der Waals surface area contributed by atoms with E-state index >= 15 is 0 Å². The molecule has 112 valence electrons. The molecule has 0 aliphatic rings. The maximum Gasteiger partial charge on any atom is 0.258 e. The Bertz CT molecular complexity index is 447. The molecule has 1 atom stereocenters. The minimum absolute atomic E-state index is 0.000623. The number of aryl methyl sites for hydroxylation is 1. The zero-order valence-corrected chi connectivity index (χ0v) is 12.8. The van der Waals surface area contributed by atoms with Crippen LogP contribution in [-0.2, 0) is 11.2 Å². The summed E-state index contributed by atoms with van der Waals surface area (Å²) in [6.07, 6.45) is 0.640. The Hall–Kier alpha value is -1.62. The van der Waals surface area contributed by atoms with Crippen molar-refractivity contribution in [3.63, 3.8) is 0 Å². The molecule has 0 aromatic carbocycles. The van der Waals surface area contributed by atoms with E-state index in [-0.39, 0.29) is 18.6 Å². The van der Waals surface area contributed by atoms with Crippen LogP contribution in [0.3, 0.4) is 0 Å². The summed E-state index contributed by atoms with van der Waals surface area (Å²) in [7, 11) is 0. The molecular weight excluding hydrogens is 254 g/mol. The smallest absolute Gasteiger partial charge is 0.258 e. The number of hydrogen-bond donors (Lipinski definition) is 2. The topological polar surface area (TPSA) is 77.2 Å². The van der Waals surface area contributed by atoms with Crippen molar-refractivity contribution in [1.29, 1.82) is 0 Å². The predicted octanol–water partition coefficient (Wildman–Crippen LogP) is 1.43. The number of nitrogens with two attached hydrogens (primary N) is 1. The summed E-state index contributed by atoms with van der Waals surface area (Å²) in [5.74, 6) is 0.909. The highest BCUT2D eigenvalue weighted by Gasteiger charge is 2.12. The lowest BCUT2D eigenvalue weighted by Crippen LogP contribution is -2.39. The van der Waals surface area contributed by atoms with Gasteiger partial charge in [0.15, 0.2) is 6.61 Å². The Morgan fingerprint density at radius 3 is 2.70 bits per heavy atom. The van der Waals surface area contributed by atoms with Gasteiger partial charge in [0.1, 0.15) is 5.75 Å². The van der Waals surface area contributed by atoms with E-state index in [4.69, 9.17) is 10.5 Å². The number of carbonyl (C=O) groups excluding carboxylic acids is 1. The molecule has 1 rings (SSSR count). The highest BCUT2D eigenvalue weighted by molar-refractivity contribution is 5.77. The summed E-state index contributed by atoms with van der Waals surface area (Å²) < 4.78 is 5.56. The van der Waals surface area contributed by atoms with Gasteiger partial charge in [0, 0.05) is 18.2 Å². The maximum absolute atomic E-state index is 11.8. The van der Waals surface area contributed by atoms with E-state index in [9.17, 15) is 4.79 Å². The van der Waals surface area contributed by atoms with Crippen LogP contribution in [0, 0.1) is 12.8 Å². The Morgan fingerprint density at radius 2 is 2.10 bits per heavy atom. The van der Waals surface area contributed by atoms with Crippen molar-refractivity contribution in [1.82, 2.24) is 10.3 Å². The molecule has 1 heterocycles. The van der Waals surface area contributed by atoms with Crippen LogP contribution in [-0.4, -0.2) is 30.1 Å². The minimum atomic E-state index is -0.120. The monoisotopic (exact) mass is 279 g/mol. The Kier molecular flexibility index (Phi) is 6.45. The summed E-state index contributed by atoms with van der Waals surface area (Å²) in [4.78, 5) is 16.2. The molecule has 1 aromatic heterocycles. The first-order valence-corrected chi connectivity index (χ1v) is 7.02. The third-order valence-corrected chi connectivity index (χ3v) is 3.20. The number of pyridine rings is 1. The number of nitrogens with zero attached hydrogens (tertiary/aromatic N) is 1. The van der Waals surface area contributed by atoms with Crippen LogP contribution in [0.2, 0.25) is 0 Å². The van der Waals surface area contributed by atoms with Gasteiger partial charge < -0.3 is 15.8 Å². The van der Waals surface area contributed by atoms with E-state index < -0.39 is 0 Å². The summed E-state index contributed by atoms with van der Waals surface area (Å²) in [6.45, 7) is 8.53. The Balaban J connectivity index is 2.59. The zero-order chi connectivity index (χ0) is 15.1. The van der Waals surface area contributed by atoms with Crippen molar-refractivity contribution in [2.24, 2.45) is 11.7 Å². The second kappa shape index (κ2) is 7.85. The van der Waals surface area contributed by atoms with Crippen molar-refractivity contribution in [2.75, 3.05) is 13.2 Å². The normalized spacial score (nSPS) is 12.3. The van der Waals surface area contributed by atoms with Gasteiger partial charge in [0.05, 0.1) is 5.69 Å². The van der Waals surface area contributed by atoms with E-state index in [1.54, 1.807) is 0 Å². The Morgan fingerprint density at radius 1 is 1.40 bits per heavy atom. The SMILES string of the molecule is Cc1ccc(OCC(=O)NC(C)C(C)C)c(CCN)n1. The average Bonchev–Trinajstić information content (AvgIpc) is 2.38. The van der Waals surface area contributed by atoms with E-state index in [2.05, 4.69) is 24.1 Å². The van der Waals surface area contributed by atoms with E-state index in [0.717, 1.165) is 11.4 Å². The number of carbonyl (C=O) groups is 1. The predicted molar refractivity (Wildman–Crippen MR) is 79.7 cm³/mol. The highest BCUT2D eigenvalue weighted by Crippen LogP contribution is 2.17. The molecule has 1 amide bonds.